The fourth-order valence-corrected chi connectivity index (χ4v) is 2.82. The summed E-state index contributed by atoms with van der Waals surface area (Å²) in [4.78, 5) is 16.3. The van der Waals surface area contributed by atoms with E-state index in [1.54, 1.807) is 0 Å². The summed E-state index contributed by atoms with van der Waals surface area (Å²) in [5.74, 6) is 0.0253. The van der Waals surface area contributed by atoms with Gasteiger partial charge in [0.15, 0.2) is 0 Å². The second-order valence-corrected chi connectivity index (χ2v) is 6.24. The quantitative estimate of drug-likeness (QED) is 0.856. The van der Waals surface area contributed by atoms with Crippen LogP contribution in [0.1, 0.15) is 36.6 Å². The number of aromatic nitrogens is 1. The second-order valence-electron chi connectivity index (χ2n) is 4.92. The molecule has 1 aliphatic rings. The van der Waals surface area contributed by atoms with Crippen LogP contribution in [-0.4, -0.2) is 22.2 Å². The van der Waals surface area contributed by atoms with E-state index in [0.717, 1.165) is 24.1 Å². The Hall–Kier alpha value is -1.54. The lowest BCUT2D eigenvalue weighted by Crippen LogP contribution is -2.32. The van der Waals surface area contributed by atoms with Crippen molar-refractivity contribution in [2.45, 2.75) is 49.9 Å². The molecule has 1 N–H and O–H groups in total. The number of aryl methyl sites for hydroxylation is 2. The van der Waals surface area contributed by atoms with Gasteiger partial charge in [0.1, 0.15) is 11.1 Å². The highest BCUT2D eigenvalue weighted by atomic mass is 32.2. The SMILES string of the molecule is Cc1cc(C)c(C#N)c(SC(C)C(=O)NC2CC2)n1. The first-order valence-electron chi connectivity index (χ1n) is 6.36. The molecule has 0 saturated heterocycles. The van der Waals surface area contributed by atoms with Crippen LogP contribution < -0.4 is 5.32 Å². The second kappa shape index (κ2) is 5.62. The maximum absolute atomic E-state index is 11.9. The van der Waals surface area contributed by atoms with Crippen molar-refractivity contribution in [3.63, 3.8) is 0 Å². The maximum atomic E-state index is 11.9. The standard InChI is InChI=1S/C14H17N3OS/c1-8-6-9(2)16-14(12(8)7-15)19-10(3)13(18)17-11-4-5-11/h6,10-11H,4-5H2,1-3H3,(H,17,18). The van der Waals surface area contributed by atoms with Crippen LogP contribution in [0.3, 0.4) is 0 Å². The minimum Gasteiger partial charge on any atom is -0.352 e. The summed E-state index contributed by atoms with van der Waals surface area (Å²) in [7, 11) is 0. The van der Waals surface area contributed by atoms with Crippen molar-refractivity contribution < 1.29 is 4.79 Å². The third-order valence-corrected chi connectivity index (χ3v) is 4.09. The molecule has 1 saturated carbocycles. The van der Waals surface area contributed by atoms with E-state index < -0.39 is 0 Å². The number of hydrogen-bond donors (Lipinski definition) is 1. The average molecular weight is 275 g/mol. The summed E-state index contributed by atoms with van der Waals surface area (Å²) in [6.45, 7) is 5.64. The lowest BCUT2D eigenvalue weighted by atomic mass is 10.1. The molecule has 19 heavy (non-hydrogen) atoms. The van der Waals surface area contributed by atoms with Gasteiger partial charge in [0.2, 0.25) is 5.91 Å². The maximum Gasteiger partial charge on any atom is 0.233 e. The van der Waals surface area contributed by atoms with Crippen molar-refractivity contribution in [1.29, 1.82) is 5.26 Å². The summed E-state index contributed by atoms with van der Waals surface area (Å²) >= 11 is 1.36. The summed E-state index contributed by atoms with van der Waals surface area (Å²) in [6.07, 6.45) is 2.16. The van der Waals surface area contributed by atoms with E-state index in [-0.39, 0.29) is 11.2 Å². The summed E-state index contributed by atoms with van der Waals surface area (Å²) in [5, 5.41) is 12.6. The highest BCUT2D eigenvalue weighted by molar-refractivity contribution is 8.00. The highest BCUT2D eigenvalue weighted by Gasteiger charge is 2.26. The number of pyridine rings is 1. The molecule has 2 rings (SSSR count). The van der Waals surface area contributed by atoms with Crippen LogP contribution in [-0.2, 0) is 4.79 Å². The molecule has 1 atom stereocenters. The van der Waals surface area contributed by atoms with E-state index in [1.165, 1.54) is 11.8 Å². The van der Waals surface area contributed by atoms with Crippen LogP contribution in [0, 0.1) is 25.2 Å². The molecule has 1 fully saturated rings. The molecular weight excluding hydrogens is 258 g/mol. The van der Waals surface area contributed by atoms with Gasteiger partial charge in [0.05, 0.1) is 10.8 Å². The molecule has 1 aromatic rings. The number of hydrogen-bond acceptors (Lipinski definition) is 4. The molecule has 0 radical (unpaired) electrons. The van der Waals surface area contributed by atoms with Gasteiger partial charge in [-0.25, -0.2) is 4.98 Å². The number of nitriles is 1. The first-order valence-corrected chi connectivity index (χ1v) is 7.24. The Labute approximate surface area is 117 Å². The topological polar surface area (TPSA) is 65.8 Å². The van der Waals surface area contributed by atoms with Crippen molar-refractivity contribution in [3.05, 3.63) is 22.9 Å². The Morgan fingerprint density at radius 3 is 2.84 bits per heavy atom. The fourth-order valence-electron chi connectivity index (χ4n) is 1.79. The molecule has 0 aromatic carbocycles. The Kier molecular flexibility index (Phi) is 4.11. The fraction of sp³-hybridized carbons (Fsp3) is 0.500. The highest BCUT2D eigenvalue weighted by Crippen LogP contribution is 2.28. The largest absolute Gasteiger partial charge is 0.352 e. The molecule has 100 valence electrons. The zero-order valence-corrected chi connectivity index (χ0v) is 12.2. The summed E-state index contributed by atoms with van der Waals surface area (Å²) in [6, 6.07) is 4.42. The number of thioether (sulfide) groups is 1. The molecule has 4 nitrogen and oxygen atoms in total. The smallest absolute Gasteiger partial charge is 0.233 e. The molecule has 1 aromatic heterocycles. The van der Waals surface area contributed by atoms with Crippen molar-refractivity contribution in [3.8, 4) is 6.07 Å². The Morgan fingerprint density at radius 2 is 2.26 bits per heavy atom. The zero-order chi connectivity index (χ0) is 14.0. The molecule has 1 unspecified atom stereocenters. The minimum atomic E-state index is -0.235. The average Bonchev–Trinajstić information content (AvgIpc) is 3.12. The van der Waals surface area contributed by atoms with E-state index in [0.29, 0.717) is 16.6 Å². The monoisotopic (exact) mass is 275 g/mol. The molecular formula is C14H17N3OS. The number of nitrogens with zero attached hydrogens (tertiary/aromatic N) is 2. The minimum absolute atomic E-state index is 0.0253. The molecule has 5 heteroatoms. The summed E-state index contributed by atoms with van der Waals surface area (Å²) in [5.41, 5.74) is 2.35. The van der Waals surface area contributed by atoms with Gasteiger partial charge in [-0.3, -0.25) is 4.79 Å². The zero-order valence-electron chi connectivity index (χ0n) is 11.4. The van der Waals surface area contributed by atoms with Crippen LogP contribution in [0.2, 0.25) is 0 Å². The van der Waals surface area contributed by atoms with E-state index in [9.17, 15) is 10.1 Å². The third kappa shape index (κ3) is 3.48. The van der Waals surface area contributed by atoms with Gasteiger partial charge in [-0.05, 0) is 45.2 Å². The van der Waals surface area contributed by atoms with Crippen LogP contribution >= 0.6 is 11.8 Å². The molecule has 1 amide bonds. The first kappa shape index (κ1) is 13.9. The van der Waals surface area contributed by atoms with Gasteiger partial charge in [-0.2, -0.15) is 5.26 Å². The van der Waals surface area contributed by atoms with Crippen molar-refractivity contribution >= 4 is 17.7 Å². The Morgan fingerprint density at radius 1 is 1.58 bits per heavy atom. The van der Waals surface area contributed by atoms with Crippen molar-refractivity contribution in [1.82, 2.24) is 10.3 Å². The van der Waals surface area contributed by atoms with Gasteiger partial charge in [0.25, 0.3) is 0 Å². The van der Waals surface area contributed by atoms with Crippen LogP contribution in [0.25, 0.3) is 0 Å². The Balaban J connectivity index is 2.13. The lowest BCUT2D eigenvalue weighted by molar-refractivity contribution is -0.120. The lowest BCUT2D eigenvalue weighted by Gasteiger charge is -2.13. The van der Waals surface area contributed by atoms with E-state index in [4.69, 9.17) is 0 Å². The number of carbonyl (C=O) groups excluding carboxylic acids is 1. The molecule has 0 spiro atoms. The molecule has 0 aliphatic heterocycles. The van der Waals surface area contributed by atoms with Crippen molar-refractivity contribution in [2.24, 2.45) is 0 Å². The predicted molar refractivity (Wildman–Crippen MR) is 74.9 cm³/mol. The van der Waals surface area contributed by atoms with Gasteiger partial charge in [-0.15, -0.1) is 0 Å². The molecule has 0 bridgehead atoms. The molecule has 1 aliphatic carbocycles. The van der Waals surface area contributed by atoms with Gasteiger partial charge >= 0.3 is 0 Å². The number of amides is 1. The summed E-state index contributed by atoms with van der Waals surface area (Å²) < 4.78 is 0. The normalized spacial score (nSPS) is 15.7. The van der Waals surface area contributed by atoms with Crippen molar-refractivity contribution in [2.75, 3.05) is 0 Å². The van der Waals surface area contributed by atoms with Crippen LogP contribution in [0.5, 0.6) is 0 Å². The van der Waals surface area contributed by atoms with E-state index in [1.807, 2.05) is 26.8 Å². The number of rotatable bonds is 4. The first-order chi connectivity index (χ1) is 9.01. The van der Waals surface area contributed by atoms with Gasteiger partial charge in [-0.1, -0.05) is 11.8 Å². The third-order valence-electron chi connectivity index (χ3n) is 3.00. The predicted octanol–water partition coefficient (Wildman–Crippen LogP) is 2.33. The Bertz CT molecular complexity index is 546. The van der Waals surface area contributed by atoms with Gasteiger partial charge in [0, 0.05) is 11.7 Å². The number of carbonyl (C=O) groups is 1. The molecule has 1 heterocycles. The number of nitrogens with one attached hydrogen (secondary N) is 1. The van der Waals surface area contributed by atoms with Gasteiger partial charge < -0.3 is 5.32 Å². The van der Waals surface area contributed by atoms with Crippen LogP contribution in [0.4, 0.5) is 0 Å². The van der Waals surface area contributed by atoms with E-state index in [2.05, 4.69) is 16.4 Å². The van der Waals surface area contributed by atoms with E-state index >= 15 is 0 Å². The van der Waals surface area contributed by atoms with Crippen LogP contribution in [0.15, 0.2) is 11.1 Å².